The van der Waals surface area contributed by atoms with Crippen molar-refractivity contribution in [3.05, 3.63) is 25.3 Å². The van der Waals surface area contributed by atoms with E-state index in [1.54, 1.807) is 0 Å². The smallest absolute Gasteiger partial charge is 0.394 e. The van der Waals surface area contributed by atoms with Crippen LogP contribution in [-0.4, -0.2) is 96.5 Å². The van der Waals surface area contributed by atoms with Crippen LogP contribution in [0.3, 0.4) is 0 Å². The molecule has 0 aromatic carbocycles. The Bertz CT molecular complexity index is 1730. The van der Waals surface area contributed by atoms with E-state index in [0.717, 1.165) is 0 Å². The van der Waals surface area contributed by atoms with E-state index in [2.05, 4.69) is 29.9 Å². The highest BCUT2D eigenvalue weighted by molar-refractivity contribution is 7.47. The Labute approximate surface area is 240 Å². The van der Waals surface area contributed by atoms with Crippen LogP contribution in [-0.2, 0) is 32.2 Å². The summed E-state index contributed by atoms with van der Waals surface area (Å²) in [4.78, 5) is 53.7. The minimum atomic E-state index is -5.00. The average molecular weight is 644 g/mol. The molecule has 0 aliphatic carbocycles. The molecule has 0 amide bonds. The highest BCUT2D eigenvalue weighted by atomic mass is 31.2. The molecule has 6 heterocycles. The van der Waals surface area contributed by atoms with Gasteiger partial charge in [0.25, 0.3) is 0 Å². The molecule has 23 heteroatoms. The molecule has 4 aromatic rings. The first-order valence-corrected chi connectivity index (χ1v) is 15.6. The van der Waals surface area contributed by atoms with Crippen molar-refractivity contribution in [1.29, 1.82) is 0 Å². The maximum absolute atomic E-state index is 13.0. The van der Waals surface area contributed by atoms with Crippen LogP contribution in [0.15, 0.2) is 25.3 Å². The molecule has 232 valence electrons. The molecule has 0 saturated carbocycles. The van der Waals surface area contributed by atoms with Crippen molar-refractivity contribution in [2.24, 2.45) is 0 Å². The molecule has 0 spiro atoms. The van der Waals surface area contributed by atoms with Crippen molar-refractivity contribution < 1.29 is 52.0 Å². The van der Waals surface area contributed by atoms with Gasteiger partial charge in [0.05, 0.1) is 25.9 Å². The number of hydrogen-bond donors (Lipinski definition) is 6. The van der Waals surface area contributed by atoms with E-state index in [-0.39, 0.29) is 35.6 Å². The van der Waals surface area contributed by atoms with Gasteiger partial charge in [-0.15, -0.1) is 0 Å². The molecule has 2 aliphatic rings. The van der Waals surface area contributed by atoms with Gasteiger partial charge < -0.3 is 40.7 Å². The number of aliphatic hydroxyl groups is 1. The van der Waals surface area contributed by atoms with Gasteiger partial charge >= 0.3 is 15.6 Å². The van der Waals surface area contributed by atoms with Crippen molar-refractivity contribution in [3.63, 3.8) is 0 Å². The summed E-state index contributed by atoms with van der Waals surface area (Å²) in [7, 11) is -9.86. The quantitative estimate of drug-likeness (QED) is 0.117. The zero-order valence-electron chi connectivity index (χ0n) is 21.9. The monoisotopic (exact) mass is 644 g/mol. The summed E-state index contributed by atoms with van der Waals surface area (Å²) in [5, 5.41) is 9.84. The van der Waals surface area contributed by atoms with Gasteiger partial charge in [-0.25, -0.2) is 39.0 Å². The highest BCUT2D eigenvalue weighted by Gasteiger charge is 2.45. The van der Waals surface area contributed by atoms with E-state index >= 15 is 0 Å². The third-order valence-corrected chi connectivity index (χ3v) is 8.44. The lowest BCUT2D eigenvalue weighted by molar-refractivity contribution is -0.0549. The maximum atomic E-state index is 13.0. The molecular formula is C20H26N10O11P2. The topological polar surface area (TPSA) is 300 Å². The second kappa shape index (κ2) is 11.4. The highest BCUT2D eigenvalue weighted by Crippen LogP contribution is 2.50. The first kappa shape index (κ1) is 29.9. The van der Waals surface area contributed by atoms with E-state index in [4.69, 9.17) is 34.5 Å². The lowest BCUT2D eigenvalue weighted by Crippen LogP contribution is -2.30. The molecular weight excluding hydrogens is 618 g/mol. The summed E-state index contributed by atoms with van der Waals surface area (Å²) in [6, 6.07) is 0. The number of imidazole rings is 2. The molecule has 0 bridgehead atoms. The molecule has 2 aliphatic heterocycles. The number of phosphoric acid groups is 2. The van der Waals surface area contributed by atoms with Gasteiger partial charge in [0.1, 0.15) is 60.6 Å². The predicted molar refractivity (Wildman–Crippen MR) is 141 cm³/mol. The third-order valence-electron chi connectivity index (χ3n) is 6.88. The Balaban J connectivity index is 1.14. The van der Waals surface area contributed by atoms with Gasteiger partial charge in [-0.05, 0) is 0 Å². The Morgan fingerprint density at radius 2 is 1.33 bits per heavy atom. The number of nitrogens with zero attached hydrogens (tertiary/aromatic N) is 8. The van der Waals surface area contributed by atoms with Crippen molar-refractivity contribution >= 4 is 49.6 Å². The fourth-order valence-electron chi connectivity index (χ4n) is 4.99. The normalized spacial score (nSPS) is 27.7. The number of hydrogen-bond acceptors (Lipinski definition) is 16. The van der Waals surface area contributed by atoms with E-state index in [0.29, 0.717) is 11.2 Å². The third kappa shape index (κ3) is 6.10. The minimum Gasteiger partial charge on any atom is -0.394 e. The van der Waals surface area contributed by atoms with Gasteiger partial charge in [-0.3, -0.25) is 22.7 Å². The zero-order chi connectivity index (χ0) is 30.5. The maximum Gasteiger partial charge on any atom is 0.472 e. The van der Waals surface area contributed by atoms with Crippen molar-refractivity contribution in [3.8, 4) is 0 Å². The van der Waals surface area contributed by atoms with Crippen LogP contribution in [0.1, 0.15) is 25.3 Å². The Hall–Kier alpha value is -3.20. The lowest BCUT2D eigenvalue weighted by atomic mass is 10.2. The van der Waals surface area contributed by atoms with Crippen molar-refractivity contribution in [2.45, 2.75) is 49.7 Å². The molecule has 4 aromatic heterocycles. The van der Waals surface area contributed by atoms with Gasteiger partial charge in [-0.2, -0.15) is 0 Å². The standard InChI is InChI=1S/C20H26N10O11P2/c21-17-15-19(25-5-23-17)29(7-27-15)13-1-9(11(3-31)38-13)41-43(35,36)37-4-12-10(40-42(32,33)34)2-14(39-12)30-8-28-16-18(22)24-6-26-20(16)30/h5-14,31H,1-4H2,(H,35,36)(H2,21,23,25)(H2,22,24,26)(H2,32,33,34)/t9?,10?,11-,12-,13-,14-/m1/s1. The largest absolute Gasteiger partial charge is 0.472 e. The number of nitrogen functional groups attached to an aromatic ring is 2. The van der Waals surface area contributed by atoms with Crippen LogP contribution in [0.25, 0.3) is 22.3 Å². The molecule has 6 rings (SSSR count). The van der Waals surface area contributed by atoms with Crippen LogP contribution < -0.4 is 11.5 Å². The number of aliphatic hydroxyl groups excluding tert-OH is 1. The Morgan fingerprint density at radius 3 is 1.84 bits per heavy atom. The molecule has 8 N–H and O–H groups in total. The number of aromatic nitrogens is 8. The number of rotatable bonds is 10. The number of anilines is 2. The Kier molecular flexibility index (Phi) is 7.90. The van der Waals surface area contributed by atoms with Crippen molar-refractivity contribution in [2.75, 3.05) is 24.7 Å². The van der Waals surface area contributed by atoms with Crippen LogP contribution in [0, 0.1) is 0 Å². The molecule has 3 unspecified atom stereocenters. The van der Waals surface area contributed by atoms with Gasteiger partial charge in [-0.1, -0.05) is 0 Å². The first-order chi connectivity index (χ1) is 20.4. The fourth-order valence-corrected chi connectivity index (χ4v) is 6.52. The molecule has 2 saturated heterocycles. The van der Waals surface area contributed by atoms with E-state index in [1.165, 1.54) is 34.4 Å². The molecule has 43 heavy (non-hydrogen) atoms. The van der Waals surface area contributed by atoms with Gasteiger partial charge in [0.15, 0.2) is 22.9 Å². The summed E-state index contributed by atoms with van der Waals surface area (Å²) in [6.45, 7) is -1.22. The van der Waals surface area contributed by atoms with Gasteiger partial charge in [0.2, 0.25) is 0 Å². The number of ether oxygens (including phenoxy) is 2. The molecule has 0 radical (unpaired) electrons. The minimum absolute atomic E-state index is 0.000852. The lowest BCUT2D eigenvalue weighted by Gasteiger charge is -2.23. The van der Waals surface area contributed by atoms with E-state index < -0.39 is 65.7 Å². The molecule has 21 nitrogen and oxygen atoms in total. The summed E-state index contributed by atoms with van der Waals surface area (Å²) in [6.07, 6.45) is -1.21. The number of fused-ring (bicyclic) bond motifs is 2. The van der Waals surface area contributed by atoms with Crippen molar-refractivity contribution in [1.82, 2.24) is 39.0 Å². The van der Waals surface area contributed by atoms with E-state index in [9.17, 15) is 28.9 Å². The number of nitrogens with two attached hydrogens (primary N) is 2. The average Bonchev–Trinajstić information content (AvgIpc) is 3.72. The molecule has 7 atom stereocenters. The summed E-state index contributed by atoms with van der Waals surface area (Å²) >= 11 is 0. The van der Waals surface area contributed by atoms with Crippen LogP contribution in [0.2, 0.25) is 0 Å². The summed E-state index contributed by atoms with van der Waals surface area (Å²) in [5.74, 6) is 0.263. The summed E-state index contributed by atoms with van der Waals surface area (Å²) in [5.41, 5.74) is 12.9. The SMILES string of the molecule is Nc1ncnc2c1ncn2[C@H]1CC(OP(=O)(O)O)[C@@H](COP(=O)(O)OC2C[C@H](n3cnc4c(N)ncnc43)O[C@@H]2CO)O1. The van der Waals surface area contributed by atoms with Gasteiger partial charge in [0, 0.05) is 12.8 Å². The molecule has 2 fully saturated rings. The number of phosphoric ester groups is 2. The summed E-state index contributed by atoms with van der Waals surface area (Å²) < 4.78 is 54.7. The van der Waals surface area contributed by atoms with Crippen LogP contribution in [0.5, 0.6) is 0 Å². The van der Waals surface area contributed by atoms with Crippen LogP contribution in [0.4, 0.5) is 11.6 Å². The fraction of sp³-hybridized carbons (Fsp3) is 0.500. The van der Waals surface area contributed by atoms with Crippen LogP contribution >= 0.6 is 15.6 Å². The van der Waals surface area contributed by atoms with E-state index in [1.807, 2.05) is 0 Å². The second-order valence-corrected chi connectivity index (χ2v) is 12.2. The zero-order valence-corrected chi connectivity index (χ0v) is 23.7. The Morgan fingerprint density at radius 1 is 0.814 bits per heavy atom. The first-order valence-electron chi connectivity index (χ1n) is 12.6. The second-order valence-electron chi connectivity index (χ2n) is 9.62. The predicted octanol–water partition coefficient (Wildman–Crippen LogP) is -0.622.